The predicted octanol–water partition coefficient (Wildman–Crippen LogP) is -0.321. The molecule has 4 unspecified atom stereocenters. The molecular formula is C11H16O5. The summed E-state index contributed by atoms with van der Waals surface area (Å²) in [6.45, 7) is -0.278. The molecule has 5 nitrogen and oxygen atoms in total. The van der Waals surface area contributed by atoms with Crippen molar-refractivity contribution in [2.24, 2.45) is 17.8 Å². The number of carbonyl (C=O) groups is 1. The fraction of sp³-hybridized carbons (Fsp3) is 0.727. The number of rotatable bonds is 3. The third-order valence-electron chi connectivity index (χ3n) is 3.50. The van der Waals surface area contributed by atoms with Gasteiger partial charge in [-0.05, 0) is 17.9 Å². The number of fused-ring (bicyclic) bond motifs is 1. The third kappa shape index (κ3) is 1.65. The Balaban J connectivity index is 2.24. The Morgan fingerprint density at radius 2 is 2.31 bits per heavy atom. The normalized spacial score (nSPS) is 37.9. The SMILES string of the molecule is COC1OC(=O)C(CO)C2CC=C(CO)C12. The molecule has 0 radical (unpaired) electrons. The number of esters is 1. The van der Waals surface area contributed by atoms with E-state index in [2.05, 4.69) is 0 Å². The molecule has 2 rings (SSSR count). The van der Waals surface area contributed by atoms with Crippen LogP contribution in [0.1, 0.15) is 6.42 Å². The second-order valence-electron chi connectivity index (χ2n) is 4.19. The van der Waals surface area contributed by atoms with E-state index in [-0.39, 0.29) is 25.0 Å². The first-order valence-electron chi connectivity index (χ1n) is 5.36. The second-order valence-corrected chi connectivity index (χ2v) is 4.19. The van der Waals surface area contributed by atoms with Gasteiger partial charge < -0.3 is 19.7 Å². The molecular weight excluding hydrogens is 212 g/mol. The van der Waals surface area contributed by atoms with Crippen molar-refractivity contribution in [1.29, 1.82) is 0 Å². The van der Waals surface area contributed by atoms with E-state index in [4.69, 9.17) is 9.47 Å². The van der Waals surface area contributed by atoms with E-state index in [1.807, 2.05) is 6.08 Å². The molecule has 0 aromatic carbocycles. The minimum absolute atomic E-state index is 0.0154. The third-order valence-corrected chi connectivity index (χ3v) is 3.50. The van der Waals surface area contributed by atoms with Crippen molar-refractivity contribution in [2.45, 2.75) is 12.7 Å². The summed E-state index contributed by atoms with van der Waals surface area (Å²) in [5.74, 6) is -1.05. The van der Waals surface area contributed by atoms with Crippen molar-refractivity contribution in [3.05, 3.63) is 11.6 Å². The highest BCUT2D eigenvalue weighted by Gasteiger charge is 2.49. The summed E-state index contributed by atoms with van der Waals surface area (Å²) in [5, 5.41) is 18.4. The molecule has 1 saturated heterocycles. The minimum Gasteiger partial charge on any atom is -0.435 e. The number of aliphatic hydroxyl groups is 2. The summed E-state index contributed by atoms with van der Waals surface area (Å²) in [6, 6.07) is 0. The summed E-state index contributed by atoms with van der Waals surface area (Å²) < 4.78 is 10.2. The molecule has 90 valence electrons. The van der Waals surface area contributed by atoms with Crippen molar-refractivity contribution in [3.63, 3.8) is 0 Å². The summed E-state index contributed by atoms with van der Waals surface area (Å²) in [4.78, 5) is 11.6. The number of allylic oxidation sites excluding steroid dienone is 1. The smallest absolute Gasteiger partial charge is 0.313 e. The first-order valence-corrected chi connectivity index (χ1v) is 5.36. The molecule has 0 saturated carbocycles. The van der Waals surface area contributed by atoms with Gasteiger partial charge in [-0.1, -0.05) is 6.08 Å². The summed E-state index contributed by atoms with van der Waals surface area (Å²) in [7, 11) is 1.47. The van der Waals surface area contributed by atoms with E-state index in [9.17, 15) is 15.0 Å². The Labute approximate surface area is 93.7 Å². The van der Waals surface area contributed by atoms with Crippen molar-refractivity contribution in [1.82, 2.24) is 0 Å². The van der Waals surface area contributed by atoms with Crippen molar-refractivity contribution in [2.75, 3.05) is 20.3 Å². The zero-order valence-corrected chi connectivity index (χ0v) is 9.13. The maximum absolute atomic E-state index is 11.6. The predicted molar refractivity (Wildman–Crippen MR) is 54.2 cm³/mol. The lowest BCUT2D eigenvalue weighted by Gasteiger charge is -2.37. The van der Waals surface area contributed by atoms with Gasteiger partial charge in [0.25, 0.3) is 0 Å². The van der Waals surface area contributed by atoms with Gasteiger partial charge in [-0.3, -0.25) is 4.79 Å². The average molecular weight is 228 g/mol. The fourth-order valence-electron chi connectivity index (χ4n) is 2.66. The molecule has 4 atom stereocenters. The van der Waals surface area contributed by atoms with E-state index < -0.39 is 18.2 Å². The molecule has 1 heterocycles. The summed E-state index contributed by atoms with van der Waals surface area (Å²) >= 11 is 0. The number of hydrogen-bond donors (Lipinski definition) is 2. The van der Waals surface area contributed by atoms with E-state index in [0.717, 1.165) is 5.57 Å². The number of hydrogen-bond acceptors (Lipinski definition) is 5. The summed E-state index contributed by atoms with van der Waals surface area (Å²) in [6.07, 6.45) is 1.95. The maximum atomic E-state index is 11.6. The zero-order chi connectivity index (χ0) is 11.7. The second kappa shape index (κ2) is 4.53. The molecule has 0 aromatic rings. The molecule has 0 bridgehead atoms. The van der Waals surface area contributed by atoms with Crippen molar-refractivity contribution >= 4 is 5.97 Å². The largest absolute Gasteiger partial charge is 0.435 e. The molecule has 1 aliphatic heterocycles. The standard InChI is InChI=1S/C11H16O5/c1-15-11-9-6(4-12)2-3-7(9)8(5-13)10(14)16-11/h2,7-9,11-13H,3-5H2,1H3. The number of carbonyl (C=O) groups excluding carboxylic acids is 1. The van der Waals surface area contributed by atoms with Gasteiger partial charge in [0, 0.05) is 13.0 Å². The van der Waals surface area contributed by atoms with Gasteiger partial charge in [0.1, 0.15) is 0 Å². The van der Waals surface area contributed by atoms with Gasteiger partial charge in [0.2, 0.25) is 6.29 Å². The summed E-state index contributed by atoms with van der Waals surface area (Å²) in [5.41, 5.74) is 0.836. The van der Waals surface area contributed by atoms with Crippen molar-refractivity contribution < 1.29 is 24.5 Å². The van der Waals surface area contributed by atoms with Crippen LogP contribution in [-0.2, 0) is 14.3 Å². The van der Waals surface area contributed by atoms with E-state index in [0.29, 0.717) is 6.42 Å². The van der Waals surface area contributed by atoms with Gasteiger partial charge in [0.15, 0.2) is 0 Å². The molecule has 1 aliphatic carbocycles. The van der Waals surface area contributed by atoms with Crippen LogP contribution in [0.5, 0.6) is 0 Å². The van der Waals surface area contributed by atoms with Crippen LogP contribution in [0.15, 0.2) is 11.6 Å². The van der Waals surface area contributed by atoms with Crippen LogP contribution in [0.4, 0.5) is 0 Å². The van der Waals surface area contributed by atoms with E-state index >= 15 is 0 Å². The molecule has 0 amide bonds. The minimum atomic E-state index is -0.638. The molecule has 1 fully saturated rings. The van der Waals surface area contributed by atoms with Crippen LogP contribution >= 0.6 is 0 Å². The Hall–Kier alpha value is -0.910. The molecule has 5 heteroatoms. The Bertz CT molecular complexity index is 311. The number of aliphatic hydroxyl groups excluding tert-OH is 2. The molecule has 2 N–H and O–H groups in total. The highest BCUT2D eigenvalue weighted by molar-refractivity contribution is 5.74. The Morgan fingerprint density at radius 3 is 2.88 bits per heavy atom. The van der Waals surface area contributed by atoms with Gasteiger partial charge in [0.05, 0.1) is 19.1 Å². The first-order chi connectivity index (χ1) is 7.72. The number of cyclic esters (lactones) is 1. The quantitative estimate of drug-likeness (QED) is 0.511. The average Bonchev–Trinajstić information content (AvgIpc) is 2.71. The number of methoxy groups -OCH3 is 1. The van der Waals surface area contributed by atoms with Crippen LogP contribution in [0.25, 0.3) is 0 Å². The van der Waals surface area contributed by atoms with Gasteiger partial charge >= 0.3 is 5.97 Å². The Morgan fingerprint density at radius 1 is 1.56 bits per heavy atom. The van der Waals surface area contributed by atoms with Crippen LogP contribution < -0.4 is 0 Å². The van der Waals surface area contributed by atoms with Crippen LogP contribution in [-0.4, -0.2) is 42.8 Å². The Kier molecular flexibility index (Phi) is 3.28. The molecule has 0 aromatic heterocycles. The van der Waals surface area contributed by atoms with Crippen LogP contribution in [0.3, 0.4) is 0 Å². The molecule has 0 spiro atoms. The topological polar surface area (TPSA) is 76.0 Å². The van der Waals surface area contributed by atoms with E-state index in [1.165, 1.54) is 7.11 Å². The first kappa shape index (κ1) is 11.6. The van der Waals surface area contributed by atoms with Gasteiger partial charge in [-0.25, -0.2) is 0 Å². The van der Waals surface area contributed by atoms with Gasteiger partial charge in [-0.15, -0.1) is 0 Å². The van der Waals surface area contributed by atoms with Crippen LogP contribution in [0, 0.1) is 17.8 Å². The highest BCUT2D eigenvalue weighted by atomic mass is 16.7. The molecule has 2 aliphatic rings. The molecule has 16 heavy (non-hydrogen) atoms. The zero-order valence-electron chi connectivity index (χ0n) is 9.13. The fourth-order valence-corrected chi connectivity index (χ4v) is 2.66. The van der Waals surface area contributed by atoms with Gasteiger partial charge in [-0.2, -0.15) is 0 Å². The van der Waals surface area contributed by atoms with Crippen LogP contribution in [0.2, 0.25) is 0 Å². The number of ether oxygens (including phenoxy) is 2. The monoisotopic (exact) mass is 228 g/mol. The van der Waals surface area contributed by atoms with Crippen molar-refractivity contribution in [3.8, 4) is 0 Å². The lowest BCUT2D eigenvalue weighted by atomic mass is 9.79. The maximum Gasteiger partial charge on any atom is 0.313 e. The lowest BCUT2D eigenvalue weighted by molar-refractivity contribution is -0.211. The van der Waals surface area contributed by atoms with E-state index in [1.54, 1.807) is 0 Å². The lowest BCUT2D eigenvalue weighted by Crippen LogP contribution is -2.46. The highest BCUT2D eigenvalue weighted by Crippen LogP contribution is 2.43.